The zero-order valence-corrected chi connectivity index (χ0v) is 12.8. The maximum Gasteiger partial charge on any atom is 0.255 e. The Balaban J connectivity index is 2.23. The van der Waals surface area contributed by atoms with E-state index in [1.54, 1.807) is 18.2 Å². The molecule has 1 aromatic carbocycles. The van der Waals surface area contributed by atoms with Gasteiger partial charge in [0.25, 0.3) is 5.91 Å². The van der Waals surface area contributed by atoms with Gasteiger partial charge in [-0.15, -0.1) is 0 Å². The first kappa shape index (κ1) is 14.0. The molecular formula is C14H12BrClN2O. The molecule has 0 atom stereocenters. The first-order chi connectivity index (χ1) is 8.97. The number of hydrogen-bond acceptors (Lipinski definition) is 2. The highest BCUT2D eigenvalue weighted by molar-refractivity contribution is 9.10. The van der Waals surface area contributed by atoms with E-state index in [1.165, 1.54) is 0 Å². The van der Waals surface area contributed by atoms with E-state index in [-0.39, 0.29) is 5.91 Å². The molecule has 2 aromatic rings. The third-order valence-electron chi connectivity index (χ3n) is 2.66. The quantitative estimate of drug-likeness (QED) is 0.883. The SMILES string of the molecule is Cc1ccc(NC(=O)c2ccc(Br)c(Cl)c2)c(C)n1. The molecule has 0 unspecified atom stereocenters. The highest BCUT2D eigenvalue weighted by Gasteiger charge is 2.10. The Labute approximate surface area is 125 Å². The van der Waals surface area contributed by atoms with Crippen LogP contribution in [0.1, 0.15) is 21.7 Å². The second-order valence-electron chi connectivity index (χ2n) is 4.17. The van der Waals surface area contributed by atoms with Crippen molar-refractivity contribution in [1.29, 1.82) is 0 Å². The Morgan fingerprint density at radius 1 is 1.26 bits per heavy atom. The molecule has 0 saturated heterocycles. The fourth-order valence-electron chi connectivity index (χ4n) is 1.65. The molecule has 19 heavy (non-hydrogen) atoms. The summed E-state index contributed by atoms with van der Waals surface area (Å²) in [5, 5.41) is 3.33. The number of carbonyl (C=O) groups excluding carboxylic acids is 1. The summed E-state index contributed by atoms with van der Waals surface area (Å²) < 4.78 is 0.763. The maximum absolute atomic E-state index is 12.1. The van der Waals surface area contributed by atoms with Gasteiger partial charge in [0.05, 0.1) is 16.4 Å². The number of aryl methyl sites for hydroxylation is 2. The molecule has 0 fully saturated rings. The topological polar surface area (TPSA) is 42.0 Å². The van der Waals surface area contributed by atoms with Crippen LogP contribution in [0.15, 0.2) is 34.8 Å². The summed E-state index contributed by atoms with van der Waals surface area (Å²) in [5.74, 6) is -0.205. The molecule has 0 aliphatic rings. The van der Waals surface area contributed by atoms with Crippen molar-refractivity contribution in [2.45, 2.75) is 13.8 Å². The van der Waals surface area contributed by atoms with Gasteiger partial charge in [0.1, 0.15) is 0 Å². The number of rotatable bonds is 2. The van der Waals surface area contributed by atoms with Crippen molar-refractivity contribution >= 4 is 39.1 Å². The first-order valence-electron chi connectivity index (χ1n) is 5.68. The van der Waals surface area contributed by atoms with E-state index in [0.29, 0.717) is 16.3 Å². The van der Waals surface area contributed by atoms with Gasteiger partial charge in [-0.05, 0) is 60.1 Å². The minimum Gasteiger partial charge on any atom is -0.320 e. The van der Waals surface area contributed by atoms with E-state index in [0.717, 1.165) is 15.9 Å². The van der Waals surface area contributed by atoms with Crippen LogP contribution in [0.3, 0.4) is 0 Å². The van der Waals surface area contributed by atoms with E-state index >= 15 is 0 Å². The third-order valence-corrected chi connectivity index (χ3v) is 3.89. The van der Waals surface area contributed by atoms with Crippen LogP contribution in [0.25, 0.3) is 0 Å². The smallest absolute Gasteiger partial charge is 0.255 e. The van der Waals surface area contributed by atoms with Gasteiger partial charge in [-0.25, -0.2) is 0 Å². The van der Waals surface area contributed by atoms with Crippen LogP contribution in [0.5, 0.6) is 0 Å². The summed E-state index contributed by atoms with van der Waals surface area (Å²) in [6.07, 6.45) is 0. The number of amides is 1. The number of nitrogens with one attached hydrogen (secondary N) is 1. The maximum atomic E-state index is 12.1. The van der Waals surface area contributed by atoms with Gasteiger partial charge >= 0.3 is 0 Å². The molecular weight excluding hydrogens is 328 g/mol. The second kappa shape index (κ2) is 5.72. The number of anilines is 1. The fourth-order valence-corrected chi connectivity index (χ4v) is 2.08. The number of pyridine rings is 1. The van der Waals surface area contributed by atoms with Gasteiger partial charge in [-0.3, -0.25) is 9.78 Å². The average Bonchev–Trinajstić information content (AvgIpc) is 2.36. The number of hydrogen-bond donors (Lipinski definition) is 1. The van der Waals surface area contributed by atoms with E-state index in [4.69, 9.17) is 11.6 Å². The van der Waals surface area contributed by atoms with Gasteiger partial charge in [0, 0.05) is 15.7 Å². The van der Waals surface area contributed by atoms with Gasteiger partial charge in [0.15, 0.2) is 0 Å². The lowest BCUT2D eigenvalue weighted by atomic mass is 10.2. The average molecular weight is 340 g/mol. The van der Waals surface area contributed by atoms with Crippen LogP contribution in [-0.2, 0) is 0 Å². The summed E-state index contributed by atoms with van der Waals surface area (Å²) in [6.45, 7) is 3.77. The van der Waals surface area contributed by atoms with Crippen LogP contribution >= 0.6 is 27.5 Å². The summed E-state index contributed by atoms with van der Waals surface area (Å²) in [7, 11) is 0. The normalized spacial score (nSPS) is 10.3. The van der Waals surface area contributed by atoms with Crippen molar-refractivity contribution in [1.82, 2.24) is 4.98 Å². The number of carbonyl (C=O) groups is 1. The van der Waals surface area contributed by atoms with Crippen LogP contribution in [-0.4, -0.2) is 10.9 Å². The summed E-state index contributed by atoms with van der Waals surface area (Å²) in [6, 6.07) is 8.78. The number of benzene rings is 1. The third kappa shape index (κ3) is 3.33. The van der Waals surface area contributed by atoms with Gasteiger partial charge in [-0.1, -0.05) is 11.6 Å². The lowest BCUT2D eigenvalue weighted by Crippen LogP contribution is -2.13. The van der Waals surface area contributed by atoms with Gasteiger partial charge < -0.3 is 5.32 Å². The Morgan fingerprint density at radius 3 is 2.63 bits per heavy atom. The molecule has 1 N–H and O–H groups in total. The lowest BCUT2D eigenvalue weighted by Gasteiger charge is -2.09. The van der Waals surface area contributed by atoms with Crippen LogP contribution in [0, 0.1) is 13.8 Å². The molecule has 0 radical (unpaired) electrons. The summed E-state index contributed by atoms with van der Waals surface area (Å²) >= 11 is 9.26. The molecule has 0 saturated carbocycles. The monoisotopic (exact) mass is 338 g/mol. The largest absolute Gasteiger partial charge is 0.320 e. The zero-order chi connectivity index (χ0) is 14.0. The molecule has 2 rings (SSSR count). The van der Waals surface area contributed by atoms with Gasteiger partial charge in [0.2, 0.25) is 0 Å². The molecule has 3 nitrogen and oxygen atoms in total. The van der Waals surface area contributed by atoms with Crippen LogP contribution in [0.4, 0.5) is 5.69 Å². The summed E-state index contributed by atoms with van der Waals surface area (Å²) in [4.78, 5) is 16.4. The van der Waals surface area contributed by atoms with Crippen molar-refractivity contribution in [3.05, 3.63) is 56.8 Å². The Morgan fingerprint density at radius 2 is 2.00 bits per heavy atom. The second-order valence-corrected chi connectivity index (χ2v) is 5.43. The molecule has 5 heteroatoms. The Kier molecular flexibility index (Phi) is 4.22. The number of nitrogens with zero attached hydrogens (tertiary/aromatic N) is 1. The van der Waals surface area contributed by atoms with Crippen LogP contribution < -0.4 is 5.32 Å². The zero-order valence-electron chi connectivity index (χ0n) is 10.5. The molecule has 1 heterocycles. The van der Waals surface area contributed by atoms with Crippen molar-refractivity contribution in [3.8, 4) is 0 Å². The predicted molar refractivity (Wildman–Crippen MR) is 80.8 cm³/mol. The minimum atomic E-state index is -0.205. The van der Waals surface area contributed by atoms with Crippen molar-refractivity contribution < 1.29 is 4.79 Å². The molecule has 0 aliphatic carbocycles. The van der Waals surface area contributed by atoms with Gasteiger partial charge in [-0.2, -0.15) is 0 Å². The predicted octanol–water partition coefficient (Wildman–Crippen LogP) is 4.37. The van der Waals surface area contributed by atoms with E-state index < -0.39 is 0 Å². The Bertz CT molecular complexity index is 643. The molecule has 0 bridgehead atoms. The fraction of sp³-hybridized carbons (Fsp3) is 0.143. The minimum absolute atomic E-state index is 0.205. The number of aromatic nitrogens is 1. The number of halogens is 2. The van der Waals surface area contributed by atoms with E-state index in [9.17, 15) is 4.79 Å². The van der Waals surface area contributed by atoms with E-state index in [2.05, 4.69) is 26.2 Å². The highest BCUT2D eigenvalue weighted by atomic mass is 79.9. The molecule has 0 aliphatic heterocycles. The lowest BCUT2D eigenvalue weighted by molar-refractivity contribution is 0.102. The molecule has 0 spiro atoms. The standard InChI is InChI=1S/C14H12BrClN2O/c1-8-3-6-13(9(2)17-8)18-14(19)10-4-5-11(15)12(16)7-10/h3-7H,1-2H3,(H,18,19). The van der Waals surface area contributed by atoms with Crippen molar-refractivity contribution in [2.75, 3.05) is 5.32 Å². The molecule has 1 amide bonds. The van der Waals surface area contributed by atoms with E-state index in [1.807, 2.05) is 26.0 Å². The highest BCUT2D eigenvalue weighted by Crippen LogP contribution is 2.24. The molecule has 98 valence electrons. The summed E-state index contributed by atoms with van der Waals surface area (Å²) in [5.41, 5.74) is 2.92. The van der Waals surface area contributed by atoms with Crippen LogP contribution in [0.2, 0.25) is 5.02 Å². The van der Waals surface area contributed by atoms with Crippen molar-refractivity contribution in [2.24, 2.45) is 0 Å². The Hall–Kier alpha value is -1.39. The molecule has 1 aromatic heterocycles. The van der Waals surface area contributed by atoms with Crippen molar-refractivity contribution in [3.63, 3.8) is 0 Å². The first-order valence-corrected chi connectivity index (χ1v) is 6.85.